The second-order valence-electron chi connectivity index (χ2n) is 10.7. The summed E-state index contributed by atoms with van der Waals surface area (Å²) in [5.41, 5.74) is 0.677. The van der Waals surface area contributed by atoms with E-state index in [1.807, 2.05) is 31.2 Å². The van der Waals surface area contributed by atoms with E-state index >= 15 is 0 Å². The van der Waals surface area contributed by atoms with Gasteiger partial charge >= 0.3 is 0 Å². The van der Waals surface area contributed by atoms with Crippen LogP contribution in [0.3, 0.4) is 0 Å². The van der Waals surface area contributed by atoms with Gasteiger partial charge in [0.25, 0.3) is 0 Å². The van der Waals surface area contributed by atoms with Crippen LogP contribution in [0.25, 0.3) is 0 Å². The number of aliphatic hydroxyl groups is 1. The predicted octanol–water partition coefficient (Wildman–Crippen LogP) is 3.97. The molecule has 3 saturated heterocycles. The molecule has 3 amide bonds. The van der Waals surface area contributed by atoms with Crippen molar-refractivity contribution >= 4 is 35.2 Å². The van der Waals surface area contributed by atoms with E-state index in [1.54, 1.807) is 16.7 Å². The lowest BCUT2D eigenvalue weighted by Crippen LogP contribution is -2.53. The van der Waals surface area contributed by atoms with Crippen LogP contribution in [0.1, 0.15) is 71.6 Å². The number of carbonyl (C=O) groups excluding carboxylic acids is 3. The molecule has 9 heteroatoms. The molecule has 0 saturated carbocycles. The quantitative estimate of drug-likeness (QED) is 0.288. The van der Waals surface area contributed by atoms with E-state index in [2.05, 4.69) is 17.6 Å². The van der Waals surface area contributed by atoms with Crippen molar-refractivity contribution in [3.05, 3.63) is 24.3 Å². The summed E-state index contributed by atoms with van der Waals surface area (Å²) in [6.07, 6.45) is 7.97. The normalized spacial score (nSPS) is 27.4. The monoisotopic (exact) mass is 545 g/mol. The van der Waals surface area contributed by atoms with Crippen molar-refractivity contribution < 1.29 is 24.2 Å². The molecule has 0 aliphatic carbocycles. The Morgan fingerprint density at radius 3 is 2.55 bits per heavy atom. The molecule has 3 heterocycles. The molecule has 5 atom stereocenters. The Morgan fingerprint density at radius 2 is 1.84 bits per heavy atom. The first kappa shape index (κ1) is 28.7. The third kappa shape index (κ3) is 5.83. The van der Waals surface area contributed by atoms with Gasteiger partial charge in [0.1, 0.15) is 11.8 Å². The number of nitrogens with zero attached hydrogens (tertiary/aromatic N) is 1. The molecule has 3 N–H and O–H groups in total. The summed E-state index contributed by atoms with van der Waals surface area (Å²) in [4.78, 5) is 43.0. The number of hydrogen-bond acceptors (Lipinski definition) is 6. The van der Waals surface area contributed by atoms with Gasteiger partial charge in [0, 0.05) is 30.6 Å². The van der Waals surface area contributed by atoms with Crippen LogP contribution in [-0.2, 0) is 14.4 Å². The first-order valence-electron chi connectivity index (χ1n) is 14.4. The Morgan fingerprint density at radius 1 is 1.08 bits per heavy atom. The fourth-order valence-electron chi connectivity index (χ4n) is 6.45. The van der Waals surface area contributed by atoms with Gasteiger partial charge in [-0.15, -0.1) is 11.8 Å². The van der Waals surface area contributed by atoms with E-state index in [9.17, 15) is 14.4 Å². The molecular formula is C29H43N3O5S. The highest BCUT2D eigenvalue weighted by molar-refractivity contribution is 8.02. The van der Waals surface area contributed by atoms with Crippen LogP contribution in [-0.4, -0.2) is 70.1 Å². The van der Waals surface area contributed by atoms with Crippen molar-refractivity contribution in [1.82, 2.24) is 10.2 Å². The molecule has 38 heavy (non-hydrogen) atoms. The number of aliphatic hydroxyl groups excluding tert-OH is 1. The molecule has 3 aliphatic heterocycles. The molecule has 0 radical (unpaired) electrons. The SMILES string of the molecule is CCCCCNC(=O)C1N(CCCCCCO)C(=O)[C@@H]2[C@@H](C(=O)Nc3ccc(OCC)cc3)[C@H]3CCC12S3. The zero-order chi connectivity index (χ0) is 27.1. The Kier molecular flexibility index (Phi) is 9.98. The van der Waals surface area contributed by atoms with Crippen molar-refractivity contribution in [2.75, 3.05) is 31.6 Å². The summed E-state index contributed by atoms with van der Waals surface area (Å²) in [5, 5.41) is 15.3. The van der Waals surface area contributed by atoms with Gasteiger partial charge in [-0.05, 0) is 63.3 Å². The molecule has 210 valence electrons. The number of benzene rings is 1. The van der Waals surface area contributed by atoms with Gasteiger partial charge in [-0.2, -0.15) is 0 Å². The van der Waals surface area contributed by atoms with Crippen LogP contribution >= 0.6 is 11.8 Å². The number of ether oxygens (including phenoxy) is 1. The maximum Gasteiger partial charge on any atom is 0.244 e. The maximum absolute atomic E-state index is 14.0. The number of unbranched alkanes of at least 4 members (excludes halogenated alkanes) is 5. The van der Waals surface area contributed by atoms with Gasteiger partial charge in [0.15, 0.2) is 0 Å². The highest BCUT2D eigenvalue weighted by Gasteiger charge is 2.73. The van der Waals surface area contributed by atoms with E-state index in [-0.39, 0.29) is 29.6 Å². The van der Waals surface area contributed by atoms with Crippen LogP contribution in [0.2, 0.25) is 0 Å². The van der Waals surface area contributed by atoms with Crippen LogP contribution in [0, 0.1) is 11.8 Å². The van der Waals surface area contributed by atoms with Crippen LogP contribution in [0.5, 0.6) is 5.75 Å². The number of hydrogen-bond donors (Lipinski definition) is 3. The zero-order valence-electron chi connectivity index (χ0n) is 22.7. The van der Waals surface area contributed by atoms with Crippen molar-refractivity contribution in [2.24, 2.45) is 11.8 Å². The number of amides is 3. The lowest BCUT2D eigenvalue weighted by Gasteiger charge is -2.34. The minimum atomic E-state index is -0.553. The van der Waals surface area contributed by atoms with E-state index in [4.69, 9.17) is 9.84 Å². The van der Waals surface area contributed by atoms with Crippen LogP contribution in [0.4, 0.5) is 5.69 Å². The molecule has 0 aromatic heterocycles. The molecule has 3 aliphatic rings. The Balaban J connectivity index is 1.52. The third-order valence-corrected chi connectivity index (χ3v) is 10.1. The van der Waals surface area contributed by atoms with E-state index in [0.717, 1.165) is 63.5 Å². The third-order valence-electron chi connectivity index (χ3n) is 8.17. The molecule has 2 unspecified atom stereocenters. The zero-order valence-corrected chi connectivity index (χ0v) is 23.6. The summed E-state index contributed by atoms with van der Waals surface area (Å²) < 4.78 is 4.95. The lowest BCUT2D eigenvalue weighted by molar-refractivity contribution is -0.139. The smallest absolute Gasteiger partial charge is 0.244 e. The van der Waals surface area contributed by atoms with Gasteiger partial charge in [0.05, 0.1) is 23.2 Å². The standard InChI is InChI=1S/C29H43N3O5S/c1-3-5-8-17-30-27(35)25-29-16-15-22(38-29)23(24(29)28(36)32(25)18-9-6-7-10-19-33)26(34)31-20-11-13-21(14-12-20)37-4-2/h11-14,22-25,33H,3-10,15-19H2,1-2H3,(H,30,35)(H,31,34)/t22-,23+,24+,25?,29?/m1/s1. The first-order valence-corrected chi connectivity index (χ1v) is 15.2. The van der Waals surface area contributed by atoms with Gasteiger partial charge in [-0.25, -0.2) is 0 Å². The summed E-state index contributed by atoms with van der Waals surface area (Å²) >= 11 is 1.70. The number of rotatable bonds is 15. The molecule has 3 fully saturated rings. The summed E-state index contributed by atoms with van der Waals surface area (Å²) in [5.74, 6) is -0.470. The maximum atomic E-state index is 14.0. The van der Waals surface area contributed by atoms with Crippen molar-refractivity contribution in [2.45, 2.75) is 87.7 Å². The minimum absolute atomic E-state index is 0.0359. The fourth-order valence-corrected chi connectivity index (χ4v) is 8.67. The molecule has 1 aromatic carbocycles. The summed E-state index contributed by atoms with van der Waals surface area (Å²) in [6, 6.07) is 6.75. The lowest BCUT2D eigenvalue weighted by atomic mass is 9.70. The topological polar surface area (TPSA) is 108 Å². The molecule has 2 bridgehead atoms. The van der Waals surface area contributed by atoms with Crippen LogP contribution < -0.4 is 15.4 Å². The second kappa shape index (κ2) is 13.2. The fraction of sp³-hybridized carbons (Fsp3) is 0.690. The number of likely N-dealkylation sites (tertiary alicyclic amines) is 1. The number of carbonyl (C=O) groups is 3. The molecule has 8 nitrogen and oxygen atoms in total. The summed E-state index contributed by atoms with van der Waals surface area (Å²) in [7, 11) is 0. The van der Waals surface area contributed by atoms with Gasteiger partial charge in [-0.3, -0.25) is 14.4 Å². The average molecular weight is 546 g/mol. The van der Waals surface area contributed by atoms with E-state index in [1.165, 1.54) is 0 Å². The Hall–Kier alpha value is -2.26. The molecule has 4 rings (SSSR count). The average Bonchev–Trinajstić information content (AvgIpc) is 3.55. The first-order chi connectivity index (χ1) is 18.5. The van der Waals surface area contributed by atoms with Crippen molar-refractivity contribution in [3.63, 3.8) is 0 Å². The Labute approximate surface area is 230 Å². The van der Waals surface area contributed by atoms with E-state index in [0.29, 0.717) is 25.4 Å². The van der Waals surface area contributed by atoms with Crippen molar-refractivity contribution in [1.29, 1.82) is 0 Å². The number of thioether (sulfide) groups is 1. The predicted molar refractivity (Wildman–Crippen MR) is 150 cm³/mol. The molecular weight excluding hydrogens is 502 g/mol. The highest BCUT2D eigenvalue weighted by atomic mass is 32.2. The molecule has 1 spiro atoms. The largest absolute Gasteiger partial charge is 0.494 e. The highest BCUT2D eigenvalue weighted by Crippen LogP contribution is 2.66. The minimum Gasteiger partial charge on any atom is -0.494 e. The number of nitrogens with one attached hydrogen (secondary N) is 2. The van der Waals surface area contributed by atoms with Crippen molar-refractivity contribution in [3.8, 4) is 5.75 Å². The van der Waals surface area contributed by atoms with Gasteiger partial charge in [-0.1, -0.05) is 32.6 Å². The van der Waals surface area contributed by atoms with Crippen LogP contribution in [0.15, 0.2) is 24.3 Å². The number of fused-ring (bicyclic) bond motifs is 1. The van der Waals surface area contributed by atoms with Gasteiger partial charge < -0.3 is 25.4 Å². The van der Waals surface area contributed by atoms with E-state index < -0.39 is 22.6 Å². The van der Waals surface area contributed by atoms with Gasteiger partial charge in [0.2, 0.25) is 17.7 Å². The Bertz CT molecular complexity index is 973. The second-order valence-corrected chi connectivity index (χ2v) is 12.3. The summed E-state index contributed by atoms with van der Waals surface area (Å²) in [6.45, 7) is 5.91. The molecule has 1 aromatic rings. The number of anilines is 1.